The second kappa shape index (κ2) is 6.90. The van der Waals surface area contributed by atoms with Crippen LogP contribution >= 0.6 is 0 Å². The molecule has 106 valence electrons. The first-order chi connectivity index (χ1) is 9.26. The van der Waals surface area contributed by atoms with Gasteiger partial charge in [-0.25, -0.2) is 0 Å². The number of hydrogen-bond acceptors (Lipinski definition) is 2. The zero-order valence-electron chi connectivity index (χ0n) is 12.6. The van der Waals surface area contributed by atoms with Crippen LogP contribution in [-0.2, 0) is 13.5 Å². The molecule has 1 aromatic rings. The molecule has 3 nitrogen and oxygen atoms in total. The van der Waals surface area contributed by atoms with Gasteiger partial charge in [-0.1, -0.05) is 25.5 Å². The van der Waals surface area contributed by atoms with Gasteiger partial charge in [0, 0.05) is 7.05 Å². The molecule has 0 fully saturated rings. The molecule has 0 aliphatic heterocycles. The predicted octanol–water partition coefficient (Wildman–Crippen LogP) is 3.52. The van der Waals surface area contributed by atoms with Crippen LogP contribution in [0.1, 0.15) is 63.4 Å². The number of nitrogens with zero attached hydrogens (tertiary/aromatic N) is 2. The van der Waals surface area contributed by atoms with Crippen LogP contribution in [0.15, 0.2) is 17.7 Å². The van der Waals surface area contributed by atoms with Crippen molar-refractivity contribution < 1.29 is 0 Å². The fourth-order valence-electron chi connectivity index (χ4n) is 2.83. The Labute approximate surface area is 117 Å². The van der Waals surface area contributed by atoms with E-state index in [2.05, 4.69) is 48.1 Å². The average Bonchev–Trinajstić information content (AvgIpc) is 2.82. The van der Waals surface area contributed by atoms with Crippen LogP contribution in [-0.4, -0.2) is 16.3 Å². The standard InChI is InChI=1S/C16H27N3/c1-4-11-17-16(13-9-7-6-8-10-13)15-12-14(5-2)18-19(15)3/h9,12,16-17H,4-8,10-11H2,1-3H3. The van der Waals surface area contributed by atoms with Crippen LogP contribution in [0, 0.1) is 0 Å². The van der Waals surface area contributed by atoms with E-state index in [9.17, 15) is 0 Å². The summed E-state index contributed by atoms with van der Waals surface area (Å²) in [6.07, 6.45) is 9.75. The summed E-state index contributed by atoms with van der Waals surface area (Å²) in [4.78, 5) is 0. The number of hydrogen-bond donors (Lipinski definition) is 1. The summed E-state index contributed by atoms with van der Waals surface area (Å²) in [6, 6.07) is 2.63. The fourth-order valence-corrected chi connectivity index (χ4v) is 2.83. The van der Waals surface area contributed by atoms with Gasteiger partial charge in [0.2, 0.25) is 0 Å². The molecule has 0 spiro atoms. The van der Waals surface area contributed by atoms with Crippen molar-refractivity contribution in [1.29, 1.82) is 0 Å². The molecule has 1 aromatic heterocycles. The van der Waals surface area contributed by atoms with Gasteiger partial charge in [-0.2, -0.15) is 5.10 Å². The Morgan fingerprint density at radius 3 is 2.79 bits per heavy atom. The first kappa shape index (κ1) is 14.3. The summed E-state index contributed by atoms with van der Waals surface area (Å²) in [5.74, 6) is 0. The maximum absolute atomic E-state index is 4.60. The van der Waals surface area contributed by atoms with E-state index in [4.69, 9.17) is 0 Å². The summed E-state index contributed by atoms with van der Waals surface area (Å²) in [5.41, 5.74) is 4.07. The van der Waals surface area contributed by atoms with Crippen molar-refractivity contribution in [2.45, 2.75) is 58.4 Å². The van der Waals surface area contributed by atoms with Gasteiger partial charge in [0.1, 0.15) is 0 Å². The number of nitrogens with one attached hydrogen (secondary N) is 1. The largest absolute Gasteiger partial charge is 0.305 e. The average molecular weight is 261 g/mol. The molecule has 1 unspecified atom stereocenters. The lowest BCUT2D eigenvalue weighted by Gasteiger charge is -2.24. The Hall–Kier alpha value is -1.09. The van der Waals surface area contributed by atoms with Gasteiger partial charge < -0.3 is 5.32 Å². The third-order valence-electron chi connectivity index (χ3n) is 3.92. The van der Waals surface area contributed by atoms with Crippen molar-refractivity contribution in [3.05, 3.63) is 29.1 Å². The number of aromatic nitrogens is 2. The Morgan fingerprint density at radius 2 is 2.21 bits per heavy atom. The predicted molar refractivity (Wildman–Crippen MR) is 80.2 cm³/mol. The lowest BCUT2D eigenvalue weighted by atomic mass is 9.92. The van der Waals surface area contributed by atoms with Gasteiger partial charge in [-0.15, -0.1) is 0 Å². The Morgan fingerprint density at radius 1 is 1.37 bits per heavy atom. The van der Waals surface area contributed by atoms with Crippen molar-refractivity contribution in [1.82, 2.24) is 15.1 Å². The summed E-state index contributed by atoms with van der Waals surface area (Å²) in [6.45, 7) is 5.45. The molecule has 1 N–H and O–H groups in total. The van der Waals surface area contributed by atoms with Gasteiger partial charge in [0.25, 0.3) is 0 Å². The molecule has 0 aromatic carbocycles. The van der Waals surface area contributed by atoms with Gasteiger partial charge in [-0.05, 0) is 51.1 Å². The van der Waals surface area contributed by atoms with Crippen LogP contribution in [0.2, 0.25) is 0 Å². The van der Waals surface area contributed by atoms with E-state index in [1.165, 1.54) is 43.5 Å². The summed E-state index contributed by atoms with van der Waals surface area (Å²) >= 11 is 0. The van der Waals surface area contributed by atoms with E-state index in [0.29, 0.717) is 6.04 Å². The Kier molecular flexibility index (Phi) is 5.20. The number of rotatable bonds is 6. The van der Waals surface area contributed by atoms with Crippen LogP contribution in [0.5, 0.6) is 0 Å². The zero-order chi connectivity index (χ0) is 13.7. The highest BCUT2D eigenvalue weighted by Gasteiger charge is 2.21. The summed E-state index contributed by atoms with van der Waals surface area (Å²) < 4.78 is 2.06. The molecule has 1 aliphatic carbocycles. The number of allylic oxidation sites excluding steroid dienone is 1. The molecule has 1 atom stereocenters. The normalized spacial score (nSPS) is 17.3. The SMILES string of the molecule is CCCNC(C1=CCCCC1)c1cc(CC)nn1C. The molecule has 0 saturated heterocycles. The molecule has 0 radical (unpaired) electrons. The van der Waals surface area contributed by atoms with Gasteiger partial charge in [-0.3, -0.25) is 4.68 Å². The smallest absolute Gasteiger partial charge is 0.0707 e. The van der Waals surface area contributed by atoms with Crippen LogP contribution in [0.4, 0.5) is 0 Å². The Bertz CT molecular complexity index is 431. The zero-order valence-corrected chi connectivity index (χ0v) is 12.6. The fraction of sp³-hybridized carbons (Fsp3) is 0.688. The first-order valence-electron chi connectivity index (χ1n) is 7.71. The lowest BCUT2D eigenvalue weighted by Crippen LogP contribution is -2.26. The van der Waals surface area contributed by atoms with E-state index in [1.807, 2.05) is 0 Å². The highest BCUT2D eigenvalue weighted by atomic mass is 15.3. The number of aryl methyl sites for hydroxylation is 2. The van der Waals surface area contributed by atoms with E-state index >= 15 is 0 Å². The summed E-state index contributed by atoms with van der Waals surface area (Å²) in [7, 11) is 2.07. The topological polar surface area (TPSA) is 29.9 Å². The van der Waals surface area contributed by atoms with Crippen LogP contribution < -0.4 is 5.32 Å². The van der Waals surface area contributed by atoms with Gasteiger partial charge in [0.15, 0.2) is 0 Å². The van der Waals surface area contributed by atoms with Crippen LogP contribution in [0.25, 0.3) is 0 Å². The van der Waals surface area contributed by atoms with Crippen molar-refractivity contribution >= 4 is 0 Å². The van der Waals surface area contributed by atoms with Crippen molar-refractivity contribution in [3.63, 3.8) is 0 Å². The maximum atomic E-state index is 4.60. The molecule has 2 rings (SSSR count). The van der Waals surface area contributed by atoms with Crippen molar-refractivity contribution in [3.8, 4) is 0 Å². The molecule has 1 aliphatic rings. The maximum Gasteiger partial charge on any atom is 0.0707 e. The minimum Gasteiger partial charge on any atom is -0.305 e. The molecule has 0 amide bonds. The summed E-state index contributed by atoms with van der Waals surface area (Å²) in [5, 5.41) is 8.31. The Balaban J connectivity index is 2.24. The highest BCUT2D eigenvalue weighted by molar-refractivity contribution is 5.26. The molecule has 0 bridgehead atoms. The van der Waals surface area contributed by atoms with E-state index < -0.39 is 0 Å². The second-order valence-electron chi connectivity index (χ2n) is 5.45. The molecular weight excluding hydrogens is 234 g/mol. The molecular formula is C16H27N3. The van der Waals surface area contributed by atoms with E-state index in [-0.39, 0.29) is 0 Å². The molecule has 19 heavy (non-hydrogen) atoms. The van der Waals surface area contributed by atoms with Crippen molar-refractivity contribution in [2.75, 3.05) is 6.54 Å². The minimum atomic E-state index is 0.359. The van der Waals surface area contributed by atoms with Crippen LogP contribution in [0.3, 0.4) is 0 Å². The first-order valence-corrected chi connectivity index (χ1v) is 7.71. The highest BCUT2D eigenvalue weighted by Crippen LogP contribution is 2.30. The molecule has 1 heterocycles. The van der Waals surface area contributed by atoms with Gasteiger partial charge >= 0.3 is 0 Å². The quantitative estimate of drug-likeness (QED) is 0.794. The van der Waals surface area contributed by atoms with E-state index in [0.717, 1.165) is 13.0 Å². The molecule has 0 saturated carbocycles. The lowest BCUT2D eigenvalue weighted by molar-refractivity contribution is 0.515. The second-order valence-corrected chi connectivity index (χ2v) is 5.45. The third kappa shape index (κ3) is 3.47. The minimum absolute atomic E-state index is 0.359. The van der Waals surface area contributed by atoms with Gasteiger partial charge in [0.05, 0.1) is 17.4 Å². The molecule has 3 heteroatoms. The monoisotopic (exact) mass is 261 g/mol. The third-order valence-corrected chi connectivity index (χ3v) is 3.92. The van der Waals surface area contributed by atoms with E-state index in [1.54, 1.807) is 5.57 Å². The van der Waals surface area contributed by atoms with Crippen molar-refractivity contribution in [2.24, 2.45) is 7.05 Å².